The van der Waals surface area contributed by atoms with E-state index in [2.05, 4.69) is 9.97 Å². The zero-order valence-corrected chi connectivity index (χ0v) is 17.8. The van der Waals surface area contributed by atoms with E-state index in [4.69, 9.17) is 10.5 Å². The summed E-state index contributed by atoms with van der Waals surface area (Å²) >= 11 is 0. The quantitative estimate of drug-likeness (QED) is 0.800. The SMILES string of the molecule is CC(C)(C)C(N)C(=O)N1CC[C@@H]2[C@H]1[C@@H](Oc1ccc(F)c(F)c1)CN2c1ncccn1. The Labute approximate surface area is 180 Å². The Morgan fingerprint density at radius 3 is 2.58 bits per heavy atom. The second-order valence-electron chi connectivity index (χ2n) is 9.16. The summed E-state index contributed by atoms with van der Waals surface area (Å²) in [4.78, 5) is 25.8. The molecular formula is C22H27F2N5O2. The molecule has 31 heavy (non-hydrogen) atoms. The fourth-order valence-corrected chi connectivity index (χ4v) is 4.33. The molecular weight excluding hydrogens is 404 g/mol. The highest BCUT2D eigenvalue weighted by Crippen LogP contribution is 2.37. The zero-order valence-electron chi connectivity index (χ0n) is 17.8. The molecule has 0 bridgehead atoms. The first kappa shape index (κ1) is 21.4. The third kappa shape index (κ3) is 4.06. The lowest BCUT2D eigenvalue weighted by Gasteiger charge is -2.34. The van der Waals surface area contributed by atoms with Crippen LogP contribution in [-0.2, 0) is 4.79 Å². The zero-order chi connectivity index (χ0) is 22.3. The van der Waals surface area contributed by atoms with Crippen molar-refractivity contribution in [3.63, 3.8) is 0 Å². The molecule has 0 aliphatic carbocycles. The molecule has 166 valence electrons. The maximum atomic E-state index is 13.7. The number of aromatic nitrogens is 2. The molecule has 0 saturated carbocycles. The van der Waals surface area contributed by atoms with Gasteiger partial charge in [-0.05, 0) is 30.0 Å². The van der Waals surface area contributed by atoms with Gasteiger partial charge in [0.25, 0.3) is 0 Å². The average Bonchev–Trinajstić information content (AvgIpc) is 3.31. The van der Waals surface area contributed by atoms with Crippen LogP contribution >= 0.6 is 0 Å². The van der Waals surface area contributed by atoms with E-state index in [1.807, 2.05) is 25.7 Å². The number of hydrogen-bond acceptors (Lipinski definition) is 6. The monoisotopic (exact) mass is 431 g/mol. The van der Waals surface area contributed by atoms with Gasteiger partial charge in [0, 0.05) is 25.0 Å². The number of likely N-dealkylation sites (tertiary alicyclic amines) is 1. The van der Waals surface area contributed by atoms with Crippen molar-refractivity contribution in [2.45, 2.75) is 51.4 Å². The summed E-state index contributed by atoms with van der Waals surface area (Å²) in [6.45, 7) is 6.72. The molecule has 2 fully saturated rings. The fraction of sp³-hybridized carbons (Fsp3) is 0.500. The summed E-state index contributed by atoms with van der Waals surface area (Å²) in [6, 6.07) is 4.14. The highest BCUT2D eigenvalue weighted by atomic mass is 19.2. The second-order valence-corrected chi connectivity index (χ2v) is 9.16. The van der Waals surface area contributed by atoms with Gasteiger partial charge in [-0.25, -0.2) is 18.7 Å². The number of halogens is 2. The molecule has 1 amide bonds. The average molecular weight is 431 g/mol. The van der Waals surface area contributed by atoms with Crippen molar-refractivity contribution in [2.75, 3.05) is 18.0 Å². The van der Waals surface area contributed by atoms with Gasteiger partial charge in [0.15, 0.2) is 11.6 Å². The summed E-state index contributed by atoms with van der Waals surface area (Å²) in [5.41, 5.74) is 5.88. The van der Waals surface area contributed by atoms with Crippen LogP contribution < -0.4 is 15.4 Å². The number of nitrogens with two attached hydrogens (primary N) is 1. The maximum Gasteiger partial charge on any atom is 0.240 e. The van der Waals surface area contributed by atoms with Crippen LogP contribution in [0.2, 0.25) is 0 Å². The van der Waals surface area contributed by atoms with Crippen LogP contribution in [0.4, 0.5) is 14.7 Å². The van der Waals surface area contributed by atoms with Crippen LogP contribution in [0.5, 0.6) is 5.75 Å². The van der Waals surface area contributed by atoms with Crippen LogP contribution in [0.3, 0.4) is 0 Å². The number of amides is 1. The van der Waals surface area contributed by atoms with Crippen LogP contribution in [0.1, 0.15) is 27.2 Å². The highest BCUT2D eigenvalue weighted by Gasteiger charge is 2.53. The van der Waals surface area contributed by atoms with Gasteiger partial charge in [-0.2, -0.15) is 0 Å². The molecule has 2 saturated heterocycles. The number of anilines is 1. The molecule has 0 spiro atoms. The number of rotatable bonds is 4. The van der Waals surface area contributed by atoms with E-state index in [1.165, 1.54) is 6.07 Å². The first-order valence-electron chi connectivity index (χ1n) is 10.4. The van der Waals surface area contributed by atoms with E-state index < -0.39 is 29.2 Å². The van der Waals surface area contributed by atoms with E-state index in [0.29, 0.717) is 25.5 Å². The number of benzene rings is 1. The Kier molecular flexibility index (Phi) is 5.55. The standard InChI is InChI=1S/C22H27F2N5O2/c1-22(2,3)19(25)20(30)28-10-7-16-18(28)17(12-29(16)21-26-8-4-9-27-21)31-13-5-6-14(23)15(24)11-13/h4-6,8-9,11,16-19H,7,10,12,25H2,1-3H3/t16-,17+,18+,19?/m1/s1. The molecule has 4 rings (SSSR count). The van der Waals surface area contributed by atoms with Crippen LogP contribution in [0.15, 0.2) is 36.7 Å². The molecule has 2 aliphatic heterocycles. The second kappa shape index (κ2) is 8.03. The van der Waals surface area contributed by atoms with Gasteiger partial charge < -0.3 is 20.3 Å². The van der Waals surface area contributed by atoms with Crippen molar-refractivity contribution < 1.29 is 18.3 Å². The lowest BCUT2D eigenvalue weighted by Crippen LogP contribution is -2.55. The predicted molar refractivity (Wildman–Crippen MR) is 111 cm³/mol. The molecule has 0 radical (unpaired) electrons. The van der Waals surface area contributed by atoms with E-state index in [1.54, 1.807) is 23.4 Å². The third-order valence-corrected chi connectivity index (χ3v) is 6.05. The Bertz CT molecular complexity index is 953. The molecule has 1 aromatic carbocycles. The molecule has 4 atom stereocenters. The predicted octanol–water partition coefficient (Wildman–Crippen LogP) is 2.37. The summed E-state index contributed by atoms with van der Waals surface area (Å²) < 4.78 is 33.2. The number of hydrogen-bond donors (Lipinski definition) is 1. The fourth-order valence-electron chi connectivity index (χ4n) is 4.33. The summed E-state index contributed by atoms with van der Waals surface area (Å²) in [6.07, 6.45) is 3.56. The minimum atomic E-state index is -0.982. The van der Waals surface area contributed by atoms with E-state index in [0.717, 1.165) is 12.1 Å². The molecule has 2 aromatic rings. The Balaban J connectivity index is 1.65. The van der Waals surface area contributed by atoms with Crippen LogP contribution in [0.25, 0.3) is 0 Å². The van der Waals surface area contributed by atoms with Crippen molar-refractivity contribution in [1.29, 1.82) is 0 Å². The van der Waals surface area contributed by atoms with Crippen molar-refractivity contribution in [2.24, 2.45) is 11.1 Å². The summed E-state index contributed by atoms with van der Waals surface area (Å²) in [5.74, 6) is -1.31. The van der Waals surface area contributed by atoms with Gasteiger partial charge in [-0.3, -0.25) is 4.79 Å². The van der Waals surface area contributed by atoms with E-state index >= 15 is 0 Å². The molecule has 2 N–H and O–H groups in total. The Morgan fingerprint density at radius 1 is 1.23 bits per heavy atom. The van der Waals surface area contributed by atoms with Crippen molar-refractivity contribution in [1.82, 2.24) is 14.9 Å². The summed E-state index contributed by atoms with van der Waals surface area (Å²) in [7, 11) is 0. The first-order chi connectivity index (χ1) is 14.7. The molecule has 9 heteroatoms. The third-order valence-electron chi connectivity index (χ3n) is 6.05. The largest absolute Gasteiger partial charge is 0.486 e. The minimum Gasteiger partial charge on any atom is -0.486 e. The number of carbonyl (C=O) groups excluding carboxylic acids is 1. The van der Waals surface area contributed by atoms with Crippen LogP contribution in [0, 0.1) is 17.0 Å². The van der Waals surface area contributed by atoms with Gasteiger partial charge in [0.1, 0.15) is 11.9 Å². The lowest BCUT2D eigenvalue weighted by molar-refractivity contribution is -0.137. The van der Waals surface area contributed by atoms with Gasteiger partial charge in [-0.15, -0.1) is 0 Å². The molecule has 1 aromatic heterocycles. The molecule has 1 unspecified atom stereocenters. The van der Waals surface area contributed by atoms with Gasteiger partial charge in [-0.1, -0.05) is 20.8 Å². The van der Waals surface area contributed by atoms with E-state index in [9.17, 15) is 13.6 Å². The van der Waals surface area contributed by atoms with Crippen molar-refractivity contribution in [3.8, 4) is 5.75 Å². The number of nitrogens with zero attached hydrogens (tertiary/aromatic N) is 4. The smallest absolute Gasteiger partial charge is 0.240 e. The van der Waals surface area contributed by atoms with Gasteiger partial charge in [0.05, 0.1) is 24.7 Å². The van der Waals surface area contributed by atoms with E-state index in [-0.39, 0.29) is 23.7 Å². The molecule has 7 nitrogen and oxygen atoms in total. The topological polar surface area (TPSA) is 84.6 Å². The minimum absolute atomic E-state index is 0.0613. The molecule has 2 aliphatic rings. The number of carbonyl (C=O) groups is 1. The highest BCUT2D eigenvalue weighted by molar-refractivity contribution is 5.83. The maximum absolute atomic E-state index is 13.7. The molecule has 3 heterocycles. The Hall–Kier alpha value is -2.81. The van der Waals surface area contributed by atoms with Crippen molar-refractivity contribution >= 4 is 11.9 Å². The number of fused-ring (bicyclic) bond motifs is 1. The number of ether oxygens (including phenoxy) is 1. The summed E-state index contributed by atoms with van der Waals surface area (Å²) in [5, 5.41) is 0. The van der Waals surface area contributed by atoms with Crippen LogP contribution in [-0.4, -0.2) is 58.1 Å². The van der Waals surface area contributed by atoms with Crippen molar-refractivity contribution in [3.05, 3.63) is 48.3 Å². The van der Waals surface area contributed by atoms with Gasteiger partial charge >= 0.3 is 0 Å². The lowest BCUT2D eigenvalue weighted by atomic mass is 9.86. The first-order valence-corrected chi connectivity index (χ1v) is 10.4. The Morgan fingerprint density at radius 2 is 1.94 bits per heavy atom. The van der Waals surface area contributed by atoms with Gasteiger partial charge in [0.2, 0.25) is 11.9 Å². The normalized spacial score (nSPS) is 24.3.